The summed E-state index contributed by atoms with van der Waals surface area (Å²) in [4.78, 5) is 17.7. The number of ether oxygens (including phenoxy) is 1. The van der Waals surface area contributed by atoms with E-state index in [4.69, 9.17) is 4.74 Å². The molecule has 4 rings (SSSR count). The fraction of sp³-hybridized carbons (Fsp3) is 0.765. The molecule has 1 aromatic rings. The van der Waals surface area contributed by atoms with Gasteiger partial charge >= 0.3 is 0 Å². The van der Waals surface area contributed by atoms with Crippen molar-refractivity contribution >= 4 is 5.91 Å². The molecule has 6 nitrogen and oxygen atoms in total. The zero-order valence-corrected chi connectivity index (χ0v) is 13.9. The lowest BCUT2D eigenvalue weighted by Crippen LogP contribution is -2.40. The number of carbonyl (C=O) groups excluding carboxylic acids is 1. The predicted octanol–water partition coefficient (Wildman–Crippen LogP) is 1.19. The van der Waals surface area contributed by atoms with Crippen LogP contribution < -0.4 is 0 Å². The first kappa shape index (κ1) is 15.1. The van der Waals surface area contributed by atoms with Gasteiger partial charge in [-0.1, -0.05) is 0 Å². The van der Waals surface area contributed by atoms with Crippen LogP contribution >= 0.6 is 0 Å². The molecule has 0 aromatic carbocycles. The minimum atomic E-state index is -0.138. The smallest absolute Gasteiger partial charge is 0.228 e. The summed E-state index contributed by atoms with van der Waals surface area (Å²) in [6.07, 6.45) is 6.20. The molecule has 0 aliphatic carbocycles. The van der Waals surface area contributed by atoms with Gasteiger partial charge < -0.3 is 9.64 Å². The van der Waals surface area contributed by atoms with Gasteiger partial charge in [0.15, 0.2) is 0 Å². The highest BCUT2D eigenvalue weighted by atomic mass is 16.5. The highest BCUT2D eigenvalue weighted by Crippen LogP contribution is 2.36. The monoisotopic (exact) mass is 318 g/mol. The van der Waals surface area contributed by atoms with Gasteiger partial charge in [0, 0.05) is 39.0 Å². The highest BCUT2D eigenvalue weighted by molar-refractivity contribution is 5.80. The molecule has 126 valence electrons. The van der Waals surface area contributed by atoms with Crippen molar-refractivity contribution in [3.8, 4) is 0 Å². The van der Waals surface area contributed by atoms with Crippen molar-refractivity contribution < 1.29 is 9.53 Å². The van der Waals surface area contributed by atoms with Gasteiger partial charge in [0.05, 0.1) is 11.6 Å². The Morgan fingerprint density at radius 1 is 1.26 bits per heavy atom. The Morgan fingerprint density at radius 2 is 2.09 bits per heavy atom. The molecule has 0 saturated carbocycles. The Bertz CT molecular complexity index is 567. The third kappa shape index (κ3) is 2.78. The van der Waals surface area contributed by atoms with E-state index in [1.807, 2.05) is 17.8 Å². The third-order valence-electron chi connectivity index (χ3n) is 5.69. The first-order valence-electron chi connectivity index (χ1n) is 8.86. The lowest BCUT2D eigenvalue weighted by Gasteiger charge is -2.26. The summed E-state index contributed by atoms with van der Waals surface area (Å²) >= 11 is 0. The molecule has 3 saturated heterocycles. The summed E-state index contributed by atoms with van der Waals surface area (Å²) in [5, 5.41) is 4.22. The second-order valence-corrected chi connectivity index (χ2v) is 7.04. The Hall–Kier alpha value is -1.40. The van der Waals surface area contributed by atoms with Crippen molar-refractivity contribution in [1.29, 1.82) is 0 Å². The summed E-state index contributed by atoms with van der Waals surface area (Å²) in [6, 6.07) is 2.53. The van der Waals surface area contributed by atoms with E-state index in [0.29, 0.717) is 12.6 Å². The van der Waals surface area contributed by atoms with E-state index in [9.17, 15) is 4.79 Å². The Morgan fingerprint density at radius 3 is 2.83 bits per heavy atom. The normalized spacial score (nSPS) is 32.0. The van der Waals surface area contributed by atoms with E-state index in [1.54, 1.807) is 6.20 Å². The Kier molecular flexibility index (Phi) is 4.11. The maximum atomic E-state index is 13.0. The van der Waals surface area contributed by atoms with Crippen LogP contribution in [0.1, 0.15) is 37.5 Å². The van der Waals surface area contributed by atoms with Crippen LogP contribution in [0, 0.1) is 5.92 Å². The van der Waals surface area contributed by atoms with Crippen LogP contribution in [0.25, 0.3) is 0 Å². The topological polar surface area (TPSA) is 50.6 Å². The minimum absolute atomic E-state index is 0.0530. The Labute approximate surface area is 137 Å². The molecular formula is C17H26N4O2. The molecular weight excluding hydrogens is 292 g/mol. The number of hydrogen-bond donors (Lipinski definition) is 0. The van der Waals surface area contributed by atoms with Crippen LogP contribution in [0.4, 0.5) is 0 Å². The number of nitrogens with zero attached hydrogens (tertiary/aromatic N) is 4. The standard InChI is InChI=1S/C17H26N4O2/c1-19-15(4-7-18-19)16-14(6-11-23-16)17(22)21-10-5-13(12-21)20-8-2-3-9-20/h4,7,13-14,16H,2-3,5-6,8-12H2,1H3/t13-,14-,16-/m1/s1. The molecule has 0 N–H and O–H groups in total. The molecule has 6 heteroatoms. The first-order valence-corrected chi connectivity index (χ1v) is 8.86. The second-order valence-electron chi connectivity index (χ2n) is 7.04. The molecule has 0 unspecified atom stereocenters. The van der Waals surface area contributed by atoms with E-state index in [0.717, 1.165) is 31.6 Å². The fourth-order valence-corrected chi connectivity index (χ4v) is 4.38. The van der Waals surface area contributed by atoms with Crippen molar-refractivity contribution in [3.63, 3.8) is 0 Å². The van der Waals surface area contributed by atoms with E-state index < -0.39 is 0 Å². The lowest BCUT2D eigenvalue weighted by molar-refractivity contribution is -0.136. The predicted molar refractivity (Wildman–Crippen MR) is 85.8 cm³/mol. The maximum absolute atomic E-state index is 13.0. The van der Waals surface area contributed by atoms with Gasteiger partial charge in [0.1, 0.15) is 6.10 Å². The summed E-state index contributed by atoms with van der Waals surface area (Å²) in [5.74, 6) is 0.220. The van der Waals surface area contributed by atoms with E-state index in [-0.39, 0.29) is 17.9 Å². The van der Waals surface area contributed by atoms with Crippen molar-refractivity contribution in [2.75, 3.05) is 32.8 Å². The largest absolute Gasteiger partial charge is 0.371 e. The second kappa shape index (κ2) is 6.24. The first-order chi connectivity index (χ1) is 11.2. The number of rotatable bonds is 3. The molecule has 23 heavy (non-hydrogen) atoms. The van der Waals surface area contributed by atoms with E-state index in [1.165, 1.54) is 25.9 Å². The molecule has 3 atom stereocenters. The van der Waals surface area contributed by atoms with Gasteiger partial charge in [-0.2, -0.15) is 5.10 Å². The number of hydrogen-bond acceptors (Lipinski definition) is 4. The molecule has 3 aliphatic rings. The number of aromatic nitrogens is 2. The van der Waals surface area contributed by atoms with Crippen LogP contribution in [0.5, 0.6) is 0 Å². The molecule has 3 aliphatic heterocycles. The van der Waals surface area contributed by atoms with Gasteiger partial charge in [0.25, 0.3) is 0 Å². The quantitative estimate of drug-likeness (QED) is 0.840. The number of aryl methyl sites for hydroxylation is 1. The molecule has 4 heterocycles. The fourth-order valence-electron chi connectivity index (χ4n) is 4.38. The highest BCUT2D eigenvalue weighted by Gasteiger charge is 2.41. The van der Waals surface area contributed by atoms with Crippen LogP contribution in [0.15, 0.2) is 12.3 Å². The van der Waals surface area contributed by atoms with Crippen molar-refractivity contribution in [2.45, 2.75) is 37.8 Å². The van der Waals surface area contributed by atoms with Crippen LogP contribution in [0.3, 0.4) is 0 Å². The summed E-state index contributed by atoms with van der Waals surface area (Å²) < 4.78 is 7.71. The number of amides is 1. The van der Waals surface area contributed by atoms with Crippen molar-refractivity contribution in [2.24, 2.45) is 13.0 Å². The zero-order valence-electron chi connectivity index (χ0n) is 13.9. The molecule has 0 bridgehead atoms. The zero-order chi connectivity index (χ0) is 15.8. The van der Waals surface area contributed by atoms with Crippen molar-refractivity contribution in [3.05, 3.63) is 18.0 Å². The van der Waals surface area contributed by atoms with Gasteiger partial charge in [-0.25, -0.2) is 0 Å². The molecule has 3 fully saturated rings. The SMILES string of the molecule is Cn1nccc1[C@@H]1OCC[C@H]1C(=O)N1CC[C@@H](N2CCCC2)C1. The molecule has 0 spiro atoms. The average molecular weight is 318 g/mol. The van der Waals surface area contributed by atoms with Crippen LogP contribution in [-0.4, -0.2) is 64.3 Å². The maximum Gasteiger partial charge on any atom is 0.228 e. The molecule has 1 aromatic heterocycles. The molecule has 0 radical (unpaired) electrons. The van der Waals surface area contributed by atoms with Crippen LogP contribution in [0.2, 0.25) is 0 Å². The summed E-state index contributed by atoms with van der Waals surface area (Å²) in [6.45, 7) is 4.87. The molecule has 1 amide bonds. The number of likely N-dealkylation sites (tertiary alicyclic amines) is 2. The van der Waals surface area contributed by atoms with Gasteiger partial charge in [-0.05, 0) is 44.8 Å². The van der Waals surface area contributed by atoms with Crippen molar-refractivity contribution in [1.82, 2.24) is 19.6 Å². The van der Waals surface area contributed by atoms with E-state index >= 15 is 0 Å². The van der Waals surface area contributed by atoms with Crippen LogP contribution in [-0.2, 0) is 16.6 Å². The van der Waals surface area contributed by atoms with Gasteiger partial charge in [-0.15, -0.1) is 0 Å². The van der Waals surface area contributed by atoms with Gasteiger partial charge in [-0.3, -0.25) is 14.4 Å². The summed E-state index contributed by atoms with van der Waals surface area (Å²) in [5.41, 5.74) is 1.01. The Balaban J connectivity index is 1.43. The third-order valence-corrected chi connectivity index (χ3v) is 5.69. The van der Waals surface area contributed by atoms with Gasteiger partial charge in [0.2, 0.25) is 5.91 Å². The average Bonchev–Trinajstić information content (AvgIpc) is 3.31. The minimum Gasteiger partial charge on any atom is -0.371 e. The number of carbonyl (C=O) groups is 1. The summed E-state index contributed by atoms with van der Waals surface area (Å²) in [7, 11) is 1.91. The van der Waals surface area contributed by atoms with E-state index in [2.05, 4.69) is 14.9 Å². The lowest BCUT2D eigenvalue weighted by atomic mass is 9.97.